The van der Waals surface area contributed by atoms with E-state index in [0.717, 1.165) is 37.2 Å². The average Bonchev–Trinajstić information content (AvgIpc) is 2.46. The molecule has 0 amide bonds. The number of likely N-dealkylation sites (tertiary alicyclic amines) is 1. The normalized spacial score (nSPS) is 20.6. The quantitative estimate of drug-likeness (QED) is 0.809. The van der Waals surface area contributed by atoms with Crippen molar-refractivity contribution in [2.24, 2.45) is 11.1 Å². The fourth-order valence-corrected chi connectivity index (χ4v) is 3.16. The number of halogens is 1. The molecule has 1 aliphatic rings. The van der Waals surface area contributed by atoms with Gasteiger partial charge in [-0.15, -0.1) is 19.0 Å². The van der Waals surface area contributed by atoms with Gasteiger partial charge in [-0.3, -0.25) is 4.90 Å². The summed E-state index contributed by atoms with van der Waals surface area (Å²) in [5.41, 5.74) is 8.34. The van der Waals surface area contributed by atoms with Gasteiger partial charge in [0.1, 0.15) is 0 Å². The van der Waals surface area contributed by atoms with Gasteiger partial charge < -0.3 is 15.6 Å². The van der Waals surface area contributed by atoms with Crippen molar-refractivity contribution in [3.8, 4) is 11.5 Å². The van der Waals surface area contributed by atoms with Crippen molar-refractivity contribution in [3.05, 3.63) is 35.9 Å². The van der Waals surface area contributed by atoms with Gasteiger partial charge in [-0.1, -0.05) is 26.0 Å². The highest BCUT2D eigenvalue weighted by atomic mass is 35.5. The summed E-state index contributed by atoms with van der Waals surface area (Å²) in [7, 11) is 1.58. The molecule has 1 aromatic carbocycles. The van der Waals surface area contributed by atoms with Gasteiger partial charge in [0.2, 0.25) is 0 Å². The van der Waals surface area contributed by atoms with Crippen LogP contribution in [0, 0.1) is 5.41 Å². The first kappa shape index (κ1) is 19.8. The Kier molecular flexibility index (Phi) is 6.93. The number of ether oxygens (including phenoxy) is 1. The van der Waals surface area contributed by atoms with E-state index in [4.69, 9.17) is 10.5 Å². The number of phenols is 1. The number of nitrogens with zero attached hydrogens (tertiary/aromatic N) is 1. The van der Waals surface area contributed by atoms with Crippen LogP contribution in [0.5, 0.6) is 11.5 Å². The van der Waals surface area contributed by atoms with Crippen LogP contribution in [0.25, 0.3) is 0 Å². The summed E-state index contributed by atoms with van der Waals surface area (Å²) >= 11 is 0. The predicted molar refractivity (Wildman–Crippen MR) is 97.5 cm³/mol. The number of hydrogen-bond acceptors (Lipinski definition) is 4. The standard InChI is InChI=1S/C18H28N2O2.ClH/c1-5-6-14-9-13(10-15(22-4)17(14)21)11-20-8-7-16(19)18(2,3)12-20;/h5,9-10,16,21H,1,6-8,11-12,19H2,2-4H3;1H. The smallest absolute Gasteiger partial charge is 0.161 e. The van der Waals surface area contributed by atoms with Gasteiger partial charge in [0.05, 0.1) is 7.11 Å². The second-order valence-corrected chi connectivity index (χ2v) is 6.89. The molecule has 1 fully saturated rings. The number of nitrogens with two attached hydrogens (primary N) is 1. The lowest BCUT2D eigenvalue weighted by molar-refractivity contribution is 0.0898. The molecule has 130 valence electrons. The molecule has 1 heterocycles. The molecule has 23 heavy (non-hydrogen) atoms. The fraction of sp³-hybridized carbons (Fsp3) is 0.556. The summed E-state index contributed by atoms with van der Waals surface area (Å²) in [6, 6.07) is 4.22. The number of benzene rings is 1. The van der Waals surface area contributed by atoms with Crippen LogP contribution in [0.2, 0.25) is 0 Å². The number of rotatable bonds is 5. The van der Waals surface area contributed by atoms with E-state index in [1.165, 1.54) is 0 Å². The summed E-state index contributed by atoms with van der Waals surface area (Å²) in [5, 5.41) is 10.2. The molecule has 3 N–H and O–H groups in total. The number of methoxy groups -OCH3 is 1. The largest absolute Gasteiger partial charge is 0.504 e. The van der Waals surface area contributed by atoms with Crippen LogP contribution in [0.4, 0.5) is 0 Å². The monoisotopic (exact) mass is 340 g/mol. The topological polar surface area (TPSA) is 58.7 Å². The third-order valence-electron chi connectivity index (χ3n) is 4.60. The zero-order valence-electron chi connectivity index (χ0n) is 14.3. The molecule has 0 saturated carbocycles. The molecule has 0 spiro atoms. The number of hydrogen-bond donors (Lipinski definition) is 2. The second kappa shape index (κ2) is 8.04. The first-order valence-corrected chi connectivity index (χ1v) is 7.85. The molecule has 1 atom stereocenters. The van der Waals surface area contributed by atoms with Crippen LogP contribution in [-0.4, -0.2) is 36.2 Å². The Morgan fingerprint density at radius 2 is 2.17 bits per heavy atom. The Bertz CT molecular complexity index is 546. The Morgan fingerprint density at radius 1 is 1.48 bits per heavy atom. The first-order valence-electron chi connectivity index (χ1n) is 7.85. The highest BCUT2D eigenvalue weighted by molar-refractivity contribution is 5.85. The zero-order valence-corrected chi connectivity index (χ0v) is 15.2. The van der Waals surface area contributed by atoms with Gasteiger partial charge in [0.15, 0.2) is 11.5 Å². The molecule has 1 aliphatic heterocycles. The molecular weight excluding hydrogens is 312 g/mol. The average molecular weight is 341 g/mol. The molecule has 0 aromatic heterocycles. The molecule has 0 bridgehead atoms. The van der Waals surface area contributed by atoms with Crippen LogP contribution in [-0.2, 0) is 13.0 Å². The molecule has 0 radical (unpaired) electrons. The summed E-state index contributed by atoms with van der Waals surface area (Å²) in [4.78, 5) is 2.42. The number of aromatic hydroxyl groups is 1. The van der Waals surface area contributed by atoms with E-state index < -0.39 is 0 Å². The third kappa shape index (κ3) is 4.63. The molecule has 1 unspecified atom stereocenters. The summed E-state index contributed by atoms with van der Waals surface area (Å²) in [6.07, 6.45) is 3.44. The van der Waals surface area contributed by atoms with Gasteiger partial charge in [-0.25, -0.2) is 0 Å². The van der Waals surface area contributed by atoms with Crippen LogP contribution in [0.15, 0.2) is 24.8 Å². The number of allylic oxidation sites excluding steroid dienone is 1. The van der Waals surface area contributed by atoms with Gasteiger partial charge >= 0.3 is 0 Å². The minimum Gasteiger partial charge on any atom is -0.504 e. The van der Waals surface area contributed by atoms with Gasteiger partial charge in [0, 0.05) is 31.2 Å². The Balaban J connectivity index is 0.00000264. The third-order valence-corrected chi connectivity index (χ3v) is 4.60. The lowest BCUT2D eigenvalue weighted by Gasteiger charge is -2.42. The lowest BCUT2D eigenvalue weighted by Crippen LogP contribution is -2.52. The van der Waals surface area contributed by atoms with Gasteiger partial charge in [0.25, 0.3) is 0 Å². The van der Waals surface area contributed by atoms with E-state index in [0.29, 0.717) is 12.2 Å². The van der Waals surface area contributed by atoms with Crippen LogP contribution in [0.3, 0.4) is 0 Å². The van der Waals surface area contributed by atoms with E-state index in [1.54, 1.807) is 13.2 Å². The summed E-state index contributed by atoms with van der Waals surface area (Å²) < 4.78 is 5.30. The molecule has 1 saturated heterocycles. The zero-order chi connectivity index (χ0) is 16.3. The van der Waals surface area contributed by atoms with Crippen molar-refractivity contribution in [1.29, 1.82) is 0 Å². The first-order chi connectivity index (χ1) is 10.4. The Morgan fingerprint density at radius 3 is 2.74 bits per heavy atom. The van der Waals surface area contributed by atoms with Crippen molar-refractivity contribution >= 4 is 12.4 Å². The molecule has 4 nitrogen and oxygen atoms in total. The number of phenolic OH excluding ortho intramolecular Hbond substituents is 1. The SMILES string of the molecule is C=CCc1cc(CN2CCC(N)C(C)(C)C2)cc(OC)c1O.Cl. The molecule has 2 rings (SSSR count). The van der Waals surface area contributed by atoms with E-state index in [-0.39, 0.29) is 29.6 Å². The van der Waals surface area contributed by atoms with E-state index >= 15 is 0 Å². The van der Waals surface area contributed by atoms with Gasteiger partial charge in [-0.2, -0.15) is 0 Å². The Labute approximate surface area is 145 Å². The van der Waals surface area contributed by atoms with Gasteiger partial charge in [-0.05, 0) is 29.9 Å². The van der Waals surface area contributed by atoms with Crippen LogP contribution >= 0.6 is 12.4 Å². The van der Waals surface area contributed by atoms with Crippen molar-refractivity contribution in [1.82, 2.24) is 4.90 Å². The van der Waals surface area contributed by atoms with E-state index in [9.17, 15) is 5.11 Å². The maximum absolute atomic E-state index is 10.2. The van der Waals surface area contributed by atoms with Crippen LogP contribution < -0.4 is 10.5 Å². The molecule has 5 heteroatoms. The predicted octanol–water partition coefficient (Wildman–Crippen LogP) is 3.11. The fourth-order valence-electron chi connectivity index (χ4n) is 3.16. The van der Waals surface area contributed by atoms with Crippen LogP contribution in [0.1, 0.15) is 31.4 Å². The van der Waals surface area contributed by atoms with Crippen molar-refractivity contribution in [2.45, 2.75) is 39.3 Å². The van der Waals surface area contributed by atoms with Crippen molar-refractivity contribution in [3.63, 3.8) is 0 Å². The second-order valence-electron chi connectivity index (χ2n) is 6.89. The number of piperidine rings is 1. The highest BCUT2D eigenvalue weighted by Crippen LogP contribution is 2.34. The molecule has 0 aliphatic carbocycles. The maximum Gasteiger partial charge on any atom is 0.161 e. The summed E-state index contributed by atoms with van der Waals surface area (Å²) in [6.45, 7) is 11.0. The minimum absolute atomic E-state index is 0. The van der Waals surface area contributed by atoms with Crippen molar-refractivity contribution in [2.75, 3.05) is 20.2 Å². The lowest BCUT2D eigenvalue weighted by atomic mass is 9.79. The Hall–Kier alpha value is -1.23. The minimum atomic E-state index is 0. The molecule has 1 aromatic rings. The van der Waals surface area contributed by atoms with E-state index in [2.05, 4.69) is 25.3 Å². The molecular formula is C18H29ClN2O2. The summed E-state index contributed by atoms with van der Waals surface area (Å²) in [5.74, 6) is 0.745. The maximum atomic E-state index is 10.2. The van der Waals surface area contributed by atoms with Crippen molar-refractivity contribution < 1.29 is 9.84 Å². The highest BCUT2D eigenvalue weighted by Gasteiger charge is 2.33. The van der Waals surface area contributed by atoms with E-state index in [1.807, 2.05) is 12.1 Å².